The molecule has 118 valence electrons. The SMILES string of the molecule is CC(C)(C)c1nnc2ccc(C(=O)NCc3ccccn3)cn12. The summed E-state index contributed by atoms with van der Waals surface area (Å²) in [5.41, 5.74) is 1.97. The van der Waals surface area contributed by atoms with Crippen LogP contribution in [0.3, 0.4) is 0 Å². The summed E-state index contributed by atoms with van der Waals surface area (Å²) in [7, 11) is 0. The van der Waals surface area contributed by atoms with Gasteiger partial charge >= 0.3 is 0 Å². The Labute approximate surface area is 134 Å². The van der Waals surface area contributed by atoms with E-state index in [0.717, 1.165) is 17.2 Å². The number of hydrogen-bond donors (Lipinski definition) is 1. The van der Waals surface area contributed by atoms with Crippen LogP contribution in [0.15, 0.2) is 42.7 Å². The highest BCUT2D eigenvalue weighted by Crippen LogP contribution is 2.21. The van der Waals surface area contributed by atoms with Crippen LogP contribution in [0, 0.1) is 0 Å². The number of pyridine rings is 2. The summed E-state index contributed by atoms with van der Waals surface area (Å²) >= 11 is 0. The van der Waals surface area contributed by atoms with Crippen molar-refractivity contribution >= 4 is 11.6 Å². The van der Waals surface area contributed by atoms with Gasteiger partial charge < -0.3 is 5.32 Å². The van der Waals surface area contributed by atoms with E-state index in [9.17, 15) is 4.79 Å². The molecule has 6 heteroatoms. The van der Waals surface area contributed by atoms with Gasteiger partial charge in [0.15, 0.2) is 5.65 Å². The predicted molar refractivity (Wildman–Crippen MR) is 87.1 cm³/mol. The number of nitrogens with one attached hydrogen (secondary N) is 1. The number of amides is 1. The molecule has 1 amide bonds. The molecule has 0 radical (unpaired) electrons. The molecule has 0 aromatic carbocycles. The zero-order valence-electron chi connectivity index (χ0n) is 13.4. The molecule has 0 atom stereocenters. The van der Waals surface area contributed by atoms with Crippen LogP contribution in [0.4, 0.5) is 0 Å². The van der Waals surface area contributed by atoms with E-state index in [1.807, 2.05) is 22.6 Å². The fourth-order valence-corrected chi connectivity index (χ4v) is 2.31. The third kappa shape index (κ3) is 3.21. The number of carbonyl (C=O) groups excluding carboxylic acids is 1. The molecule has 6 nitrogen and oxygen atoms in total. The standard InChI is InChI=1S/C17H19N5O/c1-17(2,3)16-21-20-14-8-7-12(11-22(14)16)15(23)19-10-13-6-4-5-9-18-13/h4-9,11H,10H2,1-3H3,(H,19,23). The molecule has 3 aromatic heterocycles. The first-order valence-corrected chi connectivity index (χ1v) is 7.48. The Bertz CT molecular complexity index is 833. The largest absolute Gasteiger partial charge is 0.346 e. The molecule has 3 rings (SSSR count). The normalized spacial score (nSPS) is 11.6. The van der Waals surface area contributed by atoms with Crippen molar-refractivity contribution in [3.63, 3.8) is 0 Å². The lowest BCUT2D eigenvalue weighted by Gasteiger charge is -2.15. The van der Waals surface area contributed by atoms with Crippen molar-refractivity contribution in [2.24, 2.45) is 0 Å². The van der Waals surface area contributed by atoms with Crippen LogP contribution in [-0.4, -0.2) is 25.5 Å². The maximum atomic E-state index is 12.4. The number of fused-ring (bicyclic) bond motifs is 1. The van der Waals surface area contributed by atoms with E-state index in [0.29, 0.717) is 12.1 Å². The van der Waals surface area contributed by atoms with Gasteiger partial charge in [-0.05, 0) is 24.3 Å². The second-order valence-electron chi connectivity index (χ2n) is 6.42. The smallest absolute Gasteiger partial charge is 0.253 e. The monoisotopic (exact) mass is 309 g/mol. The summed E-state index contributed by atoms with van der Waals surface area (Å²) in [4.78, 5) is 16.5. The van der Waals surface area contributed by atoms with Gasteiger partial charge in [0.2, 0.25) is 0 Å². The molecule has 0 aliphatic carbocycles. The van der Waals surface area contributed by atoms with E-state index in [1.54, 1.807) is 24.5 Å². The van der Waals surface area contributed by atoms with E-state index in [4.69, 9.17) is 0 Å². The third-order valence-electron chi connectivity index (χ3n) is 3.49. The van der Waals surface area contributed by atoms with Gasteiger partial charge in [0.25, 0.3) is 5.91 Å². The molecule has 23 heavy (non-hydrogen) atoms. The summed E-state index contributed by atoms with van der Waals surface area (Å²) in [5.74, 6) is 0.679. The minimum Gasteiger partial charge on any atom is -0.346 e. The average molecular weight is 309 g/mol. The Kier molecular flexibility index (Phi) is 3.82. The highest BCUT2D eigenvalue weighted by Gasteiger charge is 2.21. The van der Waals surface area contributed by atoms with Gasteiger partial charge in [-0.2, -0.15) is 0 Å². The van der Waals surface area contributed by atoms with Gasteiger partial charge in [0.05, 0.1) is 17.8 Å². The van der Waals surface area contributed by atoms with Crippen LogP contribution < -0.4 is 5.32 Å². The predicted octanol–water partition coefficient (Wildman–Crippen LogP) is 2.35. The first-order valence-electron chi connectivity index (χ1n) is 7.48. The quantitative estimate of drug-likeness (QED) is 0.806. The van der Waals surface area contributed by atoms with Crippen molar-refractivity contribution in [1.29, 1.82) is 0 Å². The highest BCUT2D eigenvalue weighted by molar-refractivity contribution is 5.94. The molecule has 0 unspecified atom stereocenters. The molecule has 0 bridgehead atoms. The number of nitrogens with zero attached hydrogens (tertiary/aromatic N) is 4. The van der Waals surface area contributed by atoms with Crippen LogP contribution in [0.25, 0.3) is 5.65 Å². The lowest BCUT2D eigenvalue weighted by atomic mass is 9.96. The maximum absolute atomic E-state index is 12.4. The van der Waals surface area contributed by atoms with Crippen molar-refractivity contribution in [2.45, 2.75) is 32.7 Å². The van der Waals surface area contributed by atoms with Crippen LogP contribution in [0.5, 0.6) is 0 Å². The fraction of sp³-hybridized carbons (Fsp3) is 0.294. The Morgan fingerprint density at radius 2 is 2.00 bits per heavy atom. The Morgan fingerprint density at radius 3 is 2.70 bits per heavy atom. The van der Waals surface area contributed by atoms with Gasteiger partial charge in [-0.1, -0.05) is 26.8 Å². The van der Waals surface area contributed by atoms with Gasteiger partial charge in [-0.15, -0.1) is 10.2 Å². The molecule has 0 saturated heterocycles. The molecule has 0 aliphatic heterocycles. The van der Waals surface area contributed by atoms with E-state index < -0.39 is 0 Å². The van der Waals surface area contributed by atoms with Crippen LogP contribution in [-0.2, 0) is 12.0 Å². The maximum Gasteiger partial charge on any atom is 0.253 e. The topological polar surface area (TPSA) is 72.2 Å². The Morgan fingerprint density at radius 1 is 1.17 bits per heavy atom. The lowest BCUT2D eigenvalue weighted by molar-refractivity contribution is 0.0950. The Hall–Kier alpha value is -2.76. The van der Waals surface area contributed by atoms with Crippen molar-refractivity contribution in [3.8, 4) is 0 Å². The van der Waals surface area contributed by atoms with Crippen molar-refractivity contribution in [1.82, 2.24) is 24.9 Å². The lowest BCUT2D eigenvalue weighted by Crippen LogP contribution is -2.24. The number of hydrogen-bond acceptors (Lipinski definition) is 4. The van der Waals surface area contributed by atoms with Gasteiger partial charge in [0.1, 0.15) is 5.82 Å². The first kappa shape index (κ1) is 15.1. The summed E-state index contributed by atoms with van der Waals surface area (Å²) in [5, 5.41) is 11.3. The average Bonchev–Trinajstić information content (AvgIpc) is 2.96. The number of aromatic nitrogens is 4. The van der Waals surface area contributed by atoms with Gasteiger partial charge in [-0.25, -0.2) is 0 Å². The Balaban J connectivity index is 1.83. The van der Waals surface area contributed by atoms with Crippen LogP contribution >= 0.6 is 0 Å². The van der Waals surface area contributed by atoms with E-state index >= 15 is 0 Å². The van der Waals surface area contributed by atoms with Gasteiger partial charge in [0, 0.05) is 17.8 Å². The summed E-state index contributed by atoms with van der Waals surface area (Å²) in [6.07, 6.45) is 3.49. The second kappa shape index (κ2) is 5.79. The summed E-state index contributed by atoms with van der Waals surface area (Å²) in [6, 6.07) is 9.18. The molecule has 0 saturated carbocycles. The van der Waals surface area contributed by atoms with Crippen LogP contribution in [0.2, 0.25) is 0 Å². The number of rotatable bonds is 3. The van der Waals surface area contributed by atoms with E-state index in [1.165, 1.54) is 0 Å². The van der Waals surface area contributed by atoms with Crippen molar-refractivity contribution < 1.29 is 4.79 Å². The minimum atomic E-state index is -0.150. The van der Waals surface area contributed by atoms with Crippen LogP contribution in [0.1, 0.15) is 42.6 Å². The summed E-state index contributed by atoms with van der Waals surface area (Å²) in [6.45, 7) is 6.60. The van der Waals surface area contributed by atoms with E-state index in [2.05, 4.69) is 41.3 Å². The van der Waals surface area contributed by atoms with Gasteiger partial charge in [-0.3, -0.25) is 14.2 Å². The number of carbonyl (C=O) groups is 1. The molecule has 3 aromatic rings. The van der Waals surface area contributed by atoms with Crippen molar-refractivity contribution in [3.05, 3.63) is 59.8 Å². The third-order valence-corrected chi connectivity index (χ3v) is 3.49. The minimum absolute atomic E-state index is 0.147. The molecular formula is C17H19N5O. The molecule has 0 aliphatic rings. The molecule has 0 spiro atoms. The van der Waals surface area contributed by atoms with E-state index in [-0.39, 0.29) is 11.3 Å². The zero-order valence-corrected chi connectivity index (χ0v) is 13.4. The molecular weight excluding hydrogens is 290 g/mol. The highest BCUT2D eigenvalue weighted by atomic mass is 16.1. The van der Waals surface area contributed by atoms with Crippen molar-refractivity contribution in [2.75, 3.05) is 0 Å². The zero-order chi connectivity index (χ0) is 16.4. The first-order chi connectivity index (χ1) is 10.9. The molecule has 3 heterocycles. The molecule has 1 N–H and O–H groups in total. The summed E-state index contributed by atoms with van der Waals surface area (Å²) < 4.78 is 1.87. The molecule has 0 fully saturated rings. The second-order valence-corrected chi connectivity index (χ2v) is 6.42. The fourth-order valence-electron chi connectivity index (χ4n) is 2.31.